The fraction of sp³-hybridized carbons (Fsp3) is 0.733. The summed E-state index contributed by atoms with van der Waals surface area (Å²) in [4.78, 5) is 12.2. The minimum atomic E-state index is -3.44. The lowest BCUT2D eigenvalue weighted by atomic mass is 10.1. The van der Waals surface area contributed by atoms with Gasteiger partial charge in [0.1, 0.15) is 11.3 Å². The summed E-state index contributed by atoms with van der Waals surface area (Å²) in [5.41, 5.74) is 0.965. The molecule has 0 radical (unpaired) electrons. The standard InChI is InChI=1S/C15H25N3O5S/c1-5-13-14(12(4)23-17-13)15(19)16-6-7-24(20,21)18-8-10(2)22-11(3)9-18/h10-11H,5-9H2,1-4H3,(H,16,19). The molecule has 0 bridgehead atoms. The molecule has 0 aromatic carbocycles. The Morgan fingerprint density at radius 3 is 2.54 bits per heavy atom. The number of carbonyl (C=O) groups excluding carboxylic acids is 1. The molecule has 1 fully saturated rings. The number of sulfonamides is 1. The summed E-state index contributed by atoms with van der Waals surface area (Å²) in [7, 11) is -3.44. The van der Waals surface area contributed by atoms with Crippen molar-refractivity contribution in [1.29, 1.82) is 0 Å². The summed E-state index contributed by atoms with van der Waals surface area (Å²) in [6.45, 7) is 7.95. The quantitative estimate of drug-likeness (QED) is 0.803. The molecule has 2 atom stereocenters. The van der Waals surface area contributed by atoms with E-state index in [1.54, 1.807) is 6.92 Å². The number of hydrogen-bond acceptors (Lipinski definition) is 6. The average Bonchev–Trinajstić information content (AvgIpc) is 2.87. The van der Waals surface area contributed by atoms with Crippen LogP contribution in [0.25, 0.3) is 0 Å². The predicted octanol–water partition coefficient (Wildman–Crippen LogP) is 0.714. The molecule has 1 amide bonds. The molecule has 1 aliphatic rings. The molecule has 2 heterocycles. The summed E-state index contributed by atoms with van der Waals surface area (Å²) in [5.74, 6) is -0.0724. The minimum Gasteiger partial charge on any atom is -0.373 e. The molecule has 1 saturated heterocycles. The van der Waals surface area contributed by atoms with E-state index in [9.17, 15) is 13.2 Å². The third-order valence-corrected chi connectivity index (χ3v) is 5.73. The van der Waals surface area contributed by atoms with Gasteiger partial charge in [-0.15, -0.1) is 0 Å². The fourth-order valence-electron chi connectivity index (χ4n) is 2.82. The maximum atomic E-state index is 12.4. The molecule has 8 nitrogen and oxygen atoms in total. The Balaban J connectivity index is 1.93. The van der Waals surface area contributed by atoms with E-state index in [-0.39, 0.29) is 30.4 Å². The summed E-state index contributed by atoms with van der Waals surface area (Å²) in [6.07, 6.45) is 0.303. The maximum Gasteiger partial charge on any atom is 0.256 e. The van der Waals surface area contributed by atoms with Gasteiger partial charge in [0.05, 0.1) is 23.7 Å². The van der Waals surface area contributed by atoms with E-state index >= 15 is 0 Å². The van der Waals surface area contributed by atoms with Crippen molar-refractivity contribution in [3.63, 3.8) is 0 Å². The van der Waals surface area contributed by atoms with Crippen molar-refractivity contribution < 1.29 is 22.5 Å². The smallest absolute Gasteiger partial charge is 0.256 e. The highest BCUT2D eigenvalue weighted by molar-refractivity contribution is 7.89. The van der Waals surface area contributed by atoms with Crippen molar-refractivity contribution in [3.8, 4) is 0 Å². The second kappa shape index (κ2) is 7.62. The molecular formula is C15H25N3O5S. The fourth-order valence-corrected chi connectivity index (χ4v) is 4.31. The van der Waals surface area contributed by atoms with Gasteiger partial charge in [0.25, 0.3) is 5.91 Å². The van der Waals surface area contributed by atoms with Crippen molar-refractivity contribution >= 4 is 15.9 Å². The predicted molar refractivity (Wildman–Crippen MR) is 88.3 cm³/mol. The third kappa shape index (κ3) is 4.34. The van der Waals surface area contributed by atoms with Crippen molar-refractivity contribution in [2.45, 2.75) is 46.3 Å². The van der Waals surface area contributed by atoms with Gasteiger partial charge in [-0.2, -0.15) is 4.31 Å². The number of carbonyl (C=O) groups is 1. The molecule has 24 heavy (non-hydrogen) atoms. The topological polar surface area (TPSA) is 102 Å². The number of rotatable bonds is 6. The van der Waals surface area contributed by atoms with E-state index in [2.05, 4.69) is 10.5 Å². The van der Waals surface area contributed by atoms with Gasteiger partial charge >= 0.3 is 0 Å². The van der Waals surface area contributed by atoms with Crippen LogP contribution in [-0.4, -0.2) is 61.4 Å². The van der Waals surface area contributed by atoms with Gasteiger partial charge in [0.15, 0.2) is 0 Å². The van der Waals surface area contributed by atoms with Gasteiger partial charge in [-0.25, -0.2) is 8.42 Å². The van der Waals surface area contributed by atoms with Crippen molar-refractivity contribution in [2.75, 3.05) is 25.4 Å². The van der Waals surface area contributed by atoms with Crippen LogP contribution in [0.3, 0.4) is 0 Å². The Bertz CT molecular complexity index is 675. The molecule has 0 saturated carbocycles. The number of amides is 1. The van der Waals surface area contributed by atoms with E-state index in [0.29, 0.717) is 36.5 Å². The van der Waals surface area contributed by atoms with Crippen molar-refractivity contribution in [2.24, 2.45) is 0 Å². The van der Waals surface area contributed by atoms with E-state index in [4.69, 9.17) is 9.26 Å². The van der Waals surface area contributed by atoms with Crippen LogP contribution in [0.1, 0.15) is 42.6 Å². The number of hydrogen-bond donors (Lipinski definition) is 1. The van der Waals surface area contributed by atoms with Crippen molar-refractivity contribution in [1.82, 2.24) is 14.8 Å². The summed E-state index contributed by atoms with van der Waals surface area (Å²) in [6, 6.07) is 0. The molecular weight excluding hydrogens is 334 g/mol. The number of aryl methyl sites for hydroxylation is 2. The summed E-state index contributed by atoms with van der Waals surface area (Å²) >= 11 is 0. The normalized spacial score (nSPS) is 22.5. The largest absolute Gasteiger partial charge is 0.373 e. The first kappa shape index (κ1) is 18.9. The van der Waals surface area contributed by atoms with E-state index in [1.165, 1.54) is 4.31 Å². The second-order valence-corrected chi connectivity index (χ2v) is 8.15. The van der Waals surface area contributed by atoms with E-state index in [0.717, 1.165) is 0 Å². The van der Waals surface area contributed by atoms with Gasteiger partial charge in [0.2, 0.25) is 10.0 Å². The first-order valence-corrected chi connectivity index (χ1v) is 9.72. The van der Waals surface area contributed by atoms with Crippen LogP contribution in [0.15, 0.2) is 4.52 Å². The first-order valence-electron chi connectivity index (χ1n) is 8.11. The van der Waals surface area contributed by atoms with Gasteiger partial charge in [-0.3, -0.25) is 4.79 Å². The van der Waals surface area contributed by atoms with Crippen LogP contribution in [0, 0.1) is 6.92 Å². The molecule has 1 aromatic heterocycles. The number of nitrogens with one attached hydrogen (secondary N) is 1. The Kier molecular flexibility index (Phi) is 6.00. The zero-order valence-corrected chi connectivity index (χ0v) is 15.4. The number of aromatic nitrogens is 1. The van der Waals surface area contributed by atoms with Gasteiger partial charge in [0, 0.05) is 19.6 Å². The Morgan fingerprint density at radius 2 is 1.96 bits per heavy atom. The zero-order valence-electron chi connectivity index (χ0n) is 14.5. The number of nitrogens with zero attached hydrogens (tertiary/aromatic N) is 2. The highest BCUT2D eigenvalue weighted by Crippen LogP contribution is 2.15. The third-order valence-electron chi connectivity index (χ3n) is 3.92. The van der Waals surface area contributed by atoms with E-state index < -0.39 is 10.0 Å². The van der Waals surface area contributed by atoms with Crippen LogP contribution in [0.5, 0.6) is 0 Å². The van der Waals surface area contributed by atoms with Gasteiger partial charge in [-0.1, -0.05) is 12.1 Å². The Morgan fingerprint density at radius 1 is 1.33 bits per heavy atom. The molecule has 2 rings (SSSR count). The van der Waals surface area contributed by atoms with Crippen molar-refractivity contribution in [3.05, 3.63) is 17.0 Å². The van der Waals surface area contributed by atoms with Crippen LogP contribution in [-0.2, 0) is 21.2 Å². The molecule has 136 valence electrons. The Hall–Kier alpha value is -1.45. The van der Waals surface area contributed by atoms with Crippen LogP contribution >= 0.6 is 0 Å². The lowest BCUT2D eigenvalue weighted by Gasteiger charge is -2.34. The highest BCUT2D eigenvalue weighted by Gasteiger charge is 2.30. The summed E-state index contributed by atoms with van der Waals surface area (Å²) < 4.78 is 36.8. The molecule has 0 spiro atoms. The highest BCUT2D eigenvalue weighted by atomic mass is 32.2. The molecule has 9 heteroatoms. The maximum absolute atomic E-state index is 12.4. The van der Waals surface area contributed by atoms with Gasteiger partial charge < -0.3 is 14.6 Å². The SMILES string of the molecule is CCc1noc(C)c1C(=O)NCCS(=O)(=O)N1CC(C)OC(C)C1. The molecule has 1 N–H and O–H groups in total. The van der Waals surface area contributed by atoms with Crippen LogP contribution < -0.4 is 5.32 Å². The number of ether oxygens (including phenoxy) is 1. The molecule has 1 aliphatic heterocycles. The summed E-state index contributed by atoms with van der Waals surface area (Å²) in [5, 5.41) is 6.47. The number of morpholine rings is 1. The Labute approximate surface area is 142 Å². The minimum absolute atomic E-state index is 0.0368. The molecule has 0 aliphatic carbocycles. The van der Waals surface area contributed by atoms with Gasteiger partial charge in [-0.05, 0) is 27.2 Å². The monoisotopic (exact) mass is 359 g/mol. The second-order valence-electron chi connectivity index (χ2n) is 6.06. The molecule has 2 unspecified atom stereocenters. The first-order chi connectivity index (χ1) is 11.2. The molecule has 1 aromatic rings. The van der Waals surface area contributed by atoms with Crippen LogP contribution in [0.2, 0.25) is 0 Å². The zero-order chi connectivity index (χ0) is 17.9. The average molecular weight is 359 g/mol. The van der Waals surface area contributed by atoms with E-state index in [1.807, 2.05) is 20.8 Å². The lowest BCUT2D eigenvalue weighted by molar-refractivity contribution is -0.0440. The lowest BCUT2D eigenvalue weighted by Crippen LogP contribution is -2.49. The van der Waals surface area contributed by atoms with Crippen LogP contribution in [0.4, 0.5) is 0 Å².